The van der Waals surface area contributed by atoms with Gasteiger partial charge in [0.15, 0.2) is 0 Å². The first kappa shape index (κ1) is 14.4. The molecule has 110 valence electrons. The standard InChI is InChI=1S/C16H18BrN3O/c1-9(2)20-16(12(17)8-19-20)15(18)14-7-11-6-10(3)4-5-13(11)21-14/h4-9,15H,18H2,1-3H3. The average Bonchev–Trinajstić information content (AvgIpc) is 3.00. The zero-order valence-electron chi connectivity index (χ0n) is 12.3. The fourth-order valence-electron chi connectivity index (χ4n) is 2.52. The Hall–Kier alpha value is -1.59. The fraction of sp³-hybridized carbons (Fsp3) is 0.312. The molecule has 0 aliphatic carbocycles. The molecule has 3 aromatic rings. The molecule has 2 aromatic heterocycles. The van der Waals surface area contributed by atoms with Gasteiger partial charge in [0.25, 0.3) is 0 Å². The molecule has 5 heteroatoms. The quantitative estimate of drug-likeness (QED) is 0.766. The Balaban J connectivity index is 2.08. The number of fused-ring (bicyclic) bond motifs is 1. The Kier molecular flexibility index (Phi) is 3.63. The molecule has 0 aliphatic heterocycles. The summed E-state index contributed by atoms with van der Waals surface area (Å²) < 4.78 is 8.74. The van der Waals surface area contributed by atoms with Crippen molar-refractivity contribution >= 4 is 26.9 Å². The molecule has 3 rings (SSSR count). The van der Waals surface area contributed by atoms with E-state index in [1.54, 1.807) is 6.20 Å². The number of benzene rings is 1. The summed E-state index contributed by atoms with van der Waals surface area (Å²) in [6.07, 6.45) is 1.78. The van der Waals surface area contributed by atoms with Crippen LogP contribution in [0.5, 0.6) is 0 Å². The summed E-state index contributed by atoms with van der Waals surface area (Å²) in [6, 6.07) is 8.02. The van der Waals surface area contributed by atoms with Crippen molar-refractivity contribution in [1.82, 2.24) is 9.78 Å². The predicted octanol–water partition coefficient (Wildman–Crippen LogP) is 4.33. The minimum Gasteiger partial charge on any atom is -0.459 e. The van der Waals surface area contributed by atoms with Crippen molar-refractivity contribution in [2.24, 2.45) is 5.73 Å². The number of nitrogens with two attached hydrogens (primary N) is 1. The van der Waals surface area contributed by atoms with Crippen LogP contribution in [0.15, 0.2) is 39.4 Å². The highest BCUT2D eigenvalue weighted by Gasteiger charge is 2.22. The van der Waals surface area contributed by atoms with Crippen LogP contribution in [-0.4, -0.2) is 9.78 Å². The number of nitrogens with zero attached hydrogens (tertiary/aromatic N) is 2. The van der Waals surface area contributed by atoms with Crippen LogP contribution in [0.1, 0.15) is 42.9 Å². The summed E-state index contributed by atoms with van der Waals surface area (Å²) in [4.78, 5) is 0. The van der Waals surface area contributed by atoms with Gasteiger partial charge >= 0.3 is 0 Å². The van der Waals surface area contributed by atoms with Crippen molar-refractivity contribution in [1.29, 1.82) is 0 Å². The first-order valence-electron chi connectivity index (χ1n) is 6.96. The molecule has 2 N–H and O–H groups in total. The monoisotopic (exact) mass is 347 g/mol. The van der Waals surface area contributed by atoms with E-state index in [4.69, 9.17) is 10.2 Å². The van der Waals surface area contributed by atoms with E-state index in [0.29, 0.717) is 0 Å². The fourth-order valence-corrected chi connectivity index (χ4v) is 3.04. The van der Waals surface area contributed by atoms with Crippen LogP contribution < -0.4 is 5.73 Å². The average molecular weight is 348 g/mol. The molecule has 0 radical (unpaired) electrons. The molecule has 0 amide bonds. The summed E-state index contributed by atoms with van der Waals surface area (Å²) in [5.41, 5.74) is 9.41. The minimum atomic E-state index is -0.350. The van der Waals surface area contributed by atoms with Crippen LogP contribution in [-0.2, 0) is 0 Å². The van der Waals surface area contributed by atoms with E-state index >= 15 is 0 Å². The highest BCUT2D eigenvalue weighted by Crippen LogP contribution is 2.32. The molecule has 0 spiro atoms. The van der Waals surface area contributed by atoms with Crippen molar-refractivity contribution in [2.45, 2.75) is 32.9 Å². The van der Waals surface area contributed by atoms with E-state index in [1.165, 1.54) is 5.56 Å². The van der Waals surface area contributed by atoms with Crippen molar-refractivity contribution in [3.05, 3.63) is 52.0 Å². The second-order valence-electron chi connectivity index (χ2n) is 5.58. The summed E-state index contributed by atoms with van der Waals surface area (Å²) in [5, 5.41) is 5.45. The molecular weight excluding hydrogens is 330 g/mol. The van der Waals surface area contributed by atoms with E-state index in [-0.39, 0.29) is 12.1 Å². The summed E-state index contributed by atoms with van der Waals surface area (Å²) in [6.45, 7) is 6.23. The molecule has 0 fully saturated rings. The van der Waals surface area contributed by atoms with E-state index in [2.05, 4.69) is 47.9 Å². The number of furan rings is 1. The van der Waals surface area contributed by atoms with Gasteiger partial charge in [-0.25, -0.2) is 0 Å². The van der Waals surface area contributed by atoms with Gasteiger partial charge in [0.2, 0.25) is 0 Å². The highest BCUT2D eigenvalue weighted by atomic mass is 79.9. The first-order valence-corrected chi connectivity index (χ1v) is 7.75. The van der Waals surface area contributed by atoms with Gasteiger partial charge in [-0.3, -0.25) is 4.68 Å². The molecule has 1 unspecified atom stereocenters. The van der Waals surface area contributed by atoms with Crippen LogP contribution in [0, 0.1) is 6.92 Å². The molecule has 2 heterocycles. The molecule has 1 atom stereocenters. The van der Waals surface area contributed by atoms with Crippen molar-refractivity contribution in [2.75, 3.05) is 0 Å². The number of aromatic nitrogens is 2. The Morgan fingerprint density at radius 1 is 1.29 bits per heavy atom. The van der Waals surface area contributed by atoms with Crippen molar-refractivity contribution in [3.63, 3.8) is 0 Å². The Morgan fingerprint density at radius 2 is 2.05 bits per heavy atom. The molecule has 0 saturated carbocycles. The van der Waals surface area contributed by atoms with E-state index in [9.17, 15) is 0 Å². The maximum atomic E-state index is 6.42. The van der Waals surface area contributed by atoms with E-state index < -0.39 is 0 Å². The lowest BCUT2D eigenvalue weighted by Gasteiger charge is -2.15. The lowest BCUT2D eigenvalue weighted by Crippen LogP contribution is -2.18. The van der Waals surface area contributed by atoms with Gasteiger partial charge in [0.1, 0.15) is 17.4 Å². The molecule has 4 nitrogen and oxygen atoms in total. The largest absolute Gasteiger partial charge is 0.459 e. The van der Waals surface area contributed by atoms with Crippen LogP contribution in [0.3, 0.4) is 0 Å². The summed E-state index contributed by atoms with van der Waals surface area (Å²) in [5.74, 6) is 0.749. The van der Waals surface area contributed by atoms with Crippen LogP contribution in [0.4, 0.5) is 0 Å². The summed E-state index contributed by atoms with van der Waals surface area (Å²) in [7, 11) is 0. The van der Waals surface area contributed by atoms with Crippen LogP contribution in [0.25, 0.3) is 11.0 Å². The number of hydrogen-bond donors (Lipinski definition) is 1. The number of aryl methyl sites for hydroxylation is 1. The Morgan fingerprint density at radius 3 is 2.76 bits per heavy atom. The van der Waals surface area contributed by atoms with Crippen LogP contribution >= 0.6 is 15.9 Å². The maximum Gasteiger partial charge on any atom is 0.134 e. The lowest BCUT2D eigenvalue weighted by molar-refractivity contribution is 0.466. The normalized spacial score (nSPS) is 13.2. The Labute approximate surface area is 132 Å². The number of hydrogen-bond acceptors (Lipinski definition) is 3. The third-order valence-corrected chi connectivity index (χ3v) is 4.18. The van der Waals surface area contributed by atoms with Gasteiger partial charge in [-0.2, -0.15) is 5.10 Å². The van der Waals surface area contributed by atoms with Gasteiger partial charge in [-0.15, -0.1) is 0 Å². The minimum absolute atomic E-state index is 0.240. The number of rotatable bonds is 3. The molecule has 21 heavy (non-hydrogen) atoms. The van der Waals surface area contributed by atoms with Crippen molar-refractivity contribution in [3.8, 4) is 0 Å². The van der Waals surface area contributed by atoms with Gasteiger partial charge in [-0.1, -0.05) is 11.6 Å². The van der Waals surface area contributed by atoms with E-state index in [0.717, 1.165) is 26.9 Å². The van der Waals surface area contributed by atoms with Gasteiger partial charge in [0.05, 0.1) is 16.4 Å². The van der Waals surface area contributed by atoms with Crippen LogP contribution in [0.2, 0.25) is 0 Å². The van der Waals surface area contributed by atoms with Gasteiger partial charge in [0, 0.05) is 11.4 Å². The topological polar surface area (TPSA) is 57.0 Å². The second-order valence-corrected chi connectivity index (χ2v) is 6.44. The van der Waals surface area contributed by atoms with Gasteiger partial charge in [-0.05, 0) is 54.9 Å². The zero-order chi connectivity index (χ0) is 15.1. The van der Waals surface area contributed by atoms with E-state index in [1.807, 2.05) is 22.9 Å². The molecule has 0 bridgehead atoms. The molecule has 0 aliphatic rings. The van der Waals surface area contributed by atoms with Gasteiger partial charge < -0.3 is 10.2 Å². The first-order chi connectivity index (χ1) is 9.97. The SMILES string of the molecule is Cc1ccc2oc(C(N)c3c(Br)cnn3C(C)C)cc2c1. The molecule has 0 saturated heterocycles. The highest BCUT2D eigenvalue weighted by molar-refractivity contribution is 9.10. The second kappa shape index (κ2) is 5.31. The molecular formula is C16H18BrN3O. The number of halogens is 1. The lowest BCUT2D eigenvalue weighted by atomic mass is 10.1. The summed E-state index contributed by atoms with van der Waals surface area (Å²) >= 11 is 3.53. The van der Waals surface area contributed by atoms with Crippen molar-refractivity contribution < 1.29 is 4.42 Å². The zero-order valence-corrected chi connectivity index (χ0v) is 13.9. The smallest absolute Gasteiger partial charge is 0.134 e. The third-order valence-electron chi connectivity index (χ3n) is 3.57. The Bertz CT molecular complexity index is 788. The maximum absolute atomic E-state index is 6.42. The predicted molar refractivity (Wildman–Crippen MR) is 87.3 cm³/mol. The molecule has 1 aromatic carbocycles. The third kappa shape index (κ3) is 2.51.